The van der Waals surface area contributed by atoms with Crippen LogP contribution in [0.5, 0.6) is 0 Å². The van der Waals surface area contributed by atoms with E-state index in [4.69, 9.17) is 5.11 Å². The maximum atomic E-state index is 11.8. The first-order valence-electron chi connectivity index (χ1n) is 4.96. The number of fused-ring (bicyclic) bond motifs is 1. The lowest BCUT2D eigenvalue weighted by atomic mass is 9.73. The number of β-amino-alcohol motifs (C(OH)–C–C–N with tert-alkyl or cyclic N) is 1. The zero-order valence-corrected chi connectivity index (χ0v) is 7.44. The number of amides is 1. The Morgan fingerprint density at radius 2 is 2.23 bits per heavy atom. The van der Waals surface area contributed by atoms with Crippen molar-refractivity contribution in [3.05, 3.63) is 0 Å². The number of nitrogens with zero attached hydrogens (tertiary/aromatic N) is 1. The highest BCUT2D eigenvalue weighted by molar-refractivity contribution is 5.82. The fourth-order valence-electron chi connectivity index (χ4n) is 2.70. The molecule has 2 bridgehead atoms. The lowest BCUT2D eigenvalue weighted by molar-refractivity contribution is -0.150. The van der Waals surface area contributed by atoms with Crippen molar-refractivity contribution in [3.8, 4) is 0 Å². The van der Waals surface area contributed by atoms with Crippen molar-refractivity contribution in [3.63, 3.8) is 0 Å². The molecule has 4 rings (SSSR count). The highest BCUT2D eigenvalue weighted by Crippen LogP contribution is 2.41. The van der Waals surface area contributed by atoms with Crippen LogP contribution in [0.2, 0.25) is 0 Å². The van der Waals surface area contributed by atoms with E-state index in [1.165, 1.54) is 6.42 Å². The first-order chi connectivity index (χ1) is 6.25. The molecule has 3 atom stereocenters. The number of nitrogens with one attached hydrogen (secondary N) is 1. The molecule has 1 aliphatic carbocycles. The summed E-state index contributed by atoms with van der Waals surface area (Å²) in [4.78, 5) is 13.6. The van der Waals surface area contributed by atoms with E-state index in [1.807, 2.05) is 0 Å². The van der Waals surface area contributed by atoms with Gasteiger partial charge in [-0.2, -0.15) is 0 Å². The van der Waals surface area contributed by atoms with Crippen molar-refractivity contribution in [2.45, 2.75) is 18.6 Å². The molecule has 3 heterocycles. The molecule has 1 amide bonds. The van der Waals surface area contributed by atoms with Gasteiger partial charge in [-0.1, -0.05) is 0 Å². The summed E-state index contributed by atoms with van der Waals surface area (Å²) in [6.07, 6.45) is 0.905. The molecule has 2 N–H and O–H groups in total. The molecule has 0 aromatic rings. The zero-order chi connectivity index (χ0) is 9.00. The Morgan fingerprint density at radius 1 is 1.46 bits per heavy atom. The summed E-state index contributed by atoms with van der Waals surface area (Å²) < 4.78 is 0. The third-order valence-electron chi connectivity index (χ3n) is 3.60. The van der Waals surface area contributed by atoms with Gasteiger partial charge in [0.25, 0.3) is 0 Å². The van der Waals surface area contributed by atoms with E-state index < -0.39 is 0 Å². The summed E-state index contributed by atoms with van der Waals surface area (Å²) in [5.41, 5.74) is 0. The van der Waals surface area contributed by atoms with Gasteiger partial charge in [-0.05, 0) is 18.9 Å². The number of hydrogen-bond donors (Lipinski definition) is 2. The molecule has 4 aliphatic rings. The summed E-state index contributed by atoms with van der Waals surface area (Å²) in [6, 6.07) is 0.440. The Bertz CT molecular complexity index is 236. The molecule has 72 valence electrons. The Morgan fingerprint density at radius 3 is 2.69 bits per heavy atom. The first kappa shape index (κ1) is 7.76. The Labute approximate surface area is 76.9 Å². The zero-order valence-electron chi connectivity index (χ0n) is 7.44. The number of hydrogen-bond acceptors (Lipinski definition) is 3. The van der Waals surface area contributed by atoms with Crippen LogP contribution in [0.25, 0.3) is 0 Å². The van der Waals surface area contributed by atoms with Crippen LogP contribution in [0.15, 0.2) is 0 Å². The topological polar surface area (TPSA) is 52.6 Å². The van der Waals surface area contributed by atoms with E-state index in [0.29, 0.717) is 25.0 Å². The van der Waals surface area contributed by atoms with Gasteiger partial charge >= 0.3 is 0 Å². The molecule has 0 spiro atoms. The SMILES string of the molecule is O=C(C1C2CNC1C2)N1CC(O)C1. The molecule has 0 aromatic heterocycles. The second-order valence-electron chi connectivity index (χ2n) is 4.43. The van der Waals surface area contributed by atoms with E-state index in [0.717, 1.165) is 6.54 Å². The molecule has 3 aliphatic heterocycles. The Hall–Kier alpha value is -0.610. The summed E-state index contributed by atoms with van der Waals surface area (Å²) in [5.74, 6) is 1.07. The number of carbonyl (C=O) groups is 1. The second kappa shape index (κ2) is 2.45. The van der Waals surface area contributed by atoms with Crippen molar-refractivity contribution in [1.29, 1.82) is 0 Å². The maximum Gasteiger partial charge on any atom is 0.227 e. The van der Waals surface area contributed by atoms with Gasteiger partial charge in [0.15, 0.2) is 0 Å². The lowest BCUT2D eigenvalue weighted by Gasteiger charge is -2.42. The quantitative estimate of drug-likeness (QED) is 0.535. The molecule has 4 fully saturated rings. The van der Waals surface area contributed by atoms with E-state index in [9.17, 15) is 4.79 Å². The highest BCUT2D eigenvalue weighted by Gasteiger charge is 2.52. The van der Waals surface area contributed by atoms with Gasteiger partial charge in [0, 0.05) is 19.1 Å². The summed E-state index contributed by atoms with van der Waals surface area (Å²) in [6.45, 7) is 2.11. The van der Waals surface area contributed by atoms with Gasteiger partial charge in [-0.3, -0.25) is 4.79 Å². The standard InChI is InChI=1S/C9H14N2O2/c12-6-3-11(4-6)9(13)8-5-1-7(8)10-2-5/h5-8,10,12H,1-4H2. The number of rotatable bonds is 1. The predicted molar refractivity (Wildman–Crippen MR) is 46.0 cm³/mol. The Balaban J connectivity index is 1.64. The minimum Gasteiger partial charge on any atom is -0.389 e. The van der Waals surface area contributed by atoms with Crippen LogP contribution < -0.4 is 5.32 Å². The van der Waals surface area contributed by atoms with Gasteiger partial charge < -0.3 is 15.3 Å². The predicted octanol–water partition coefficient (Wildman–Crippen LogP) is -1.20. The number of aliphatic hydroxyl groups excluding tert-OH is 1. The van der Waals surface area contributed by atoms with Gasteiger partial charge in [-0.25, -0.2) is 0 Å². The van der Waals surface area contributed by atoms with Crippen LogP contribution in [0, 0.1) is 11.8 Å². The van der Waals surface area contributed by atoms with Crippen molar-refractivity contribution < 1.29 is 9.90 Å². The van der Waals surface area contributed by atoms with Crippen LogP contribution in [0.4, 0.5) is 0 Å². The van der Waals surface area contributed by atoms with Gasteiger partial charge in [-0.15, -0.1) is 0 Å². The van der Waals surface area contributed by atoms with Crippen molar-refractivity contribution in [2.24, 2.45) is 11.8 Å². The van der Waals surface area contributed by atoms with Crippen LogP contribution in [-0.2, 0) is 4.79 Å². The highest BCUT2D eigenvalue weighted by atomic mass is 16.3. The largest absolute Gasteiger partial charge is 0.389 e. The number of likely N-dealkylation sites (tertiary alicyclic amines) is 1. The number of carbonyl (C=O) groups excluding carboxylic acids is 1. The molecule has 1 saturated carbocycles. The fourth-order valence-corrected chi connectivity index (χ4v) is 2.70. The molecule has 0 aromatic carbocycles. The molecule has 3 saturated heterocycles. The molecule has 3 unspecified atom stereocenters. The fraction of sp³-hybridized carbons (Fsp3) is 0.889. The second-order valence-corrected chi connectivity index (χ2v) is 4.43. The minimum atomic E-state index is -0.269. The molecule has 13 heavy (non-hydrogen) atoms. The molecular formula is C9H14N2O2. The average Bonchev–Trinajstić information content (AvgIpc) is 2.57. The third-order valence-corrected chi connectivity index (χ3v) is 3.60. The maximum absolute atomic E-state index is 11.8. The monoisotopic (exact) mass is 182 g/mol. The minimum absolute atomic E-state index is 0.229. The molecule has 0 radical (unpaired) electrons. The molecule has 4 nitrogen and oxygen atoms in total. The molecule has 4 heteroatoms. The van der Waals surface area contributed by atoms with E-state index in [-0.39, 0.29) is 17.9 Å². The van der Waals surface area contributed by atoms with E-state index in [1.54, 1.807) is 4.90 Å². The smallest absolute Gasteiger partial charge is 0.227 e. The van der Waals surface area contributed by atoms with Crippen molar-refractivity contribution >= 4 is 5.91 Å². The summed E-state index contributed by atoms with van der Waals surface area (Å²) in [5, 5.41) is 12.4. The van der Waals surface area contributed by atoms with Gasteiger partial charge in [0.05, 0.1) is 12.0 Å². The van der Waals surface area contributed by atoms with Crippen LogP contribution >= 0.6 is 0 Å². The normalized spacial score (nSPS) is 42.8. The van der Waals surface area contributed by atoms with E-state index in [2.05, 4.69) is 5.32 Å². The summed E-state index contributed by atoms with van der Waals surface area (Å²) in [7, 11) is 0. The van der Waals surface area contributed by atoms with Crippen LogP contribution in [-0.4, -0.2) is 47.7 Å². The van der Waals surface area contributed by atoms with Crippen molar-refractivity contribution in [1.82, 2.24) is 10.2 Å². The van der Waals surface area contributed by atoms with Gasteiger partial charge in [0.2, 0.25) is 5.91 Å². The first-order valence-corrected chi connectivity index (χ1v) is 4.96. The number of aliphatic hydroxyl groups is 1. The third kappa shape index (κ3) is 0.957. The lowest BCUT2D eigenvalue weighted by Crippen LogP contribution is -2.59. The summed E-state index contributed by atoms with van der Waals surface area (Å²) >= 11 is 0. The van der Waals surface area contributed by atoms with Crippen LogP contribution in [0.3, 0.4) is 0 Å². The van der Waals surface area contributed by atoms with Crippen LogP contribution in [0.1, 0.15) is 6.42 Å². The van der Waals surface area contributed by atoms with E-state index >= 15 is 0 Å². The molecular weight excluding hydrogens is 168 g/mol. The van der Waals surface area contributed by atoms with Crippen molar-refractivity contribution in [2.75, 3.05) is 19.6 Å². The Kier molecular flexibility index (Phi) is 1.46. The van der Waals surface area contributed by atoms with Gasteiger partial charge in [0.1, 0.15) is 0 Å². The average molecular weight is 182 g/mol.